The molecule has 134 valence electrons. The van der Waals surface area contributed by atoms with Crippen molar-refractivity contribution >= 4 is 5.69 Å². The number of benzene rings is 2. The number of aromatic amines is 1. The van der Waals surface area contributed by atoms with E-state index in [4.69, 9.17) is 0 Å². The Morgan fingerprint density at radius 1 is 1.08 bits per heavy atom. The van der Waals surface area contributed by atoms with Crippen LogP contribution in [-0.2, 0) is 6.54 Å². The minimum absolute atomic E-state index is 0.198. The largest absolute Gasteiger partial charge is 0.371 e. The molecule has 1 aliphatic heterocycles. The van der Waals surface area contributed by atoms with E-state index in [9.17, 15) is 4.39 Å². The lowest BCUT2D eigenvalue weighted by Crippen LogP contribution is -2.42. The van der Waals surface area contributed by atoms with Gasteiger partial charge >= 0.3 is 0 Å². The summed E-state index contributed by atoms with van der Waals surface area (Å²) in [5, 5.41) is 3.58. The number of piperidine rings is 1. The summed E-state index contributed by atoms with van der Waals surface area (Å²) in [5.41, 5.74) is 3.19. The number of nitrogens with one attached hydrogen (secondary N) is 2. The molecule has 0 bridgehead atoms. The number of halogens is 1. The topological polar surface area (TPSA) is 44.0 Å². The molecule has 2 heterocycles. The van der Waals surface area contributed by atoms with Crippen LogP contribution in [0.3, 0.4) is 0 Å². The molecule has 0 aliphatic carbocycles. The third-order valence-corrected chi connectivity index (χ3v) is 5.00. The third-order valence-electron chi connectivity index (χ3n) is 5.00. The Balaban J connectivity index is 1.33. The molecular formula is C21H23FN4. The van der Waals surface area contributed by atoms with Gasteiger partial charge in [0, 0.05) is 37.2 Å². The maximum atomic E-state index is 13.4. The molecule has 1 saturated heterocycles. The van der Waals surface area contributed by atoms with E-state index in [0.717, 1.165) is 49.4 Å². The molecule has 4 rings (SSSR count). The second-order valence-electron chi connectivity index (χ2n) is 6.74. The van der Waals surface area contributed by atoms with Crippen molar-refractivity contribution in [3.63, 3.8) is 0 Å². The zero-order chi connectivity index (χ0) is 17.8. The van der Waals surface area contributed by atoms with Gasteiger partial charge in [0.2, 0.25) is 0 Å². The van der Waals surface area contributed by atoms with Crippen molar-refractivity contribution in [2.24, 2.45) is 0 Å². The van der Waals surface area contributed by atoms with E-state index in [1.807, 2.05) is 12.3 Å². The van der Waals surface area contributed by atoms with Gasteiger partial charge < -0.3 is 15.2 Å². The highest BCUT2D eigenvalue weighted by Crippen LogP contribution is 2.25. The summed E-state index contributed by atoms with van der Waals surface area (Å²) in [6, 6.07) is 15.7. The van der Waals surface area contributed by atoms with Gasteiger partial charge in [-0.25, -0.2) is 9.37 Å². The fourth-order valence-corrected chi connectivity index (χ4v) is 3.51. The lowest BCUT2D eigenvalue weighted by molar-refractivity contribution is 0.410. The van der Waals surface area contributed by atoms with Crippen molar-refractivity contribution in [3.05, 3.63) is 72.6 Å². The van der Waals surface area contributed by atoms with Crippen LogP contribution in [0.4, 0.5) is 10.1 Å². The van der Waals surface area contributed by atoms with E-state index >= 15 is 0 Å². The summed E-state index contributed by atoms with van der Waals surface area (Å²) in [6.07, 6.45) is 5.87. The number of hydrogen-bond donors (Lipinski definition) is 2. The van der Waals surface area contributed by atoms with Crippen LogP contribution in [0.2, 0.25) is 0 Å². The van der Waals surface area contributed by atoms with E-state index in [0.29, 0.717) is 6.04 Å². The van der Waals surface area contributed by atoms with Crippen LogP contribution < -0.4 is 10.2 Å². The van der Waals surface area contributed by atoms with Crippen molar-refractivity contribution in [1.82, 2.24) is 15.3 Å². The van der Waals surface area contributed by atoms with Crippen molar-refractivity contribution in [2.75, 3.05) is 18.0 Å². The summed E-state index contributed by atoms with van der Waals surface area (Å²) >= 11 is 0. The lowest BCUT2D eigenvalue weighted by atomic mass is 10.0. The first-order chi connectivity index (χ1) is 12.8. The summed E-state index contributed by atoms with van der Waals surface area (Å²) in [7, 11) is 0. The van der Waals surface area contributed by atoms with Crippen molar-refractivity contribution < 1.29 is 4.39 Å². The summed E-state index contributed by atoms with van der Waals surface area (Å²) < 4.78 is 13.4. The van der Waals surface area contributed by atoms with E-state index in [2.05, 4.69) is 44.5 Å². The van der Waals surface area contributed by atoms with Crippen LogP contribution in [0.5, 0.6) is 0 Å². The van der Waals surface area contributed by atoms with Crippen LogP contribution in [0, 0.1) is 5.82 Å². The molecule has 1 fully saturated rings. The van der Waals surface area contributed by atoms with Crippen LogP contribution in [0.25, 0.3) is 11.1 Å². The summed E-state index contributed by atoms with van der Waals surface area (Å²) in [5.74, 6) is 0.788. The molecule has 0 atom stereocenters. The van der Waals surface area contributed by atoms with Crippen molar-refractivity contribution in [2.45, 2.75) is 25.4 Å². The monoisotopic (exact) mass is 350 g/mol. The molecule has 0 saturated carbocycles. The Morgan fingerprint density at radius 2 is 1.88 bits per heavy atom. The number of rotatable bonds is 5. The molecule has 0 spiro atoms. The van der Waals surface area contributed by atoms with E-state index < -0.39 is 0 Å². The third kappa shape index (κ3) is 3.94. The summed E-state index contributed by atoms with van der Waals surface area (Å²) in [6.45, 7) is 2.87. The Morgan fingerprint density at radius 3 is 2.58 bits per heavy atom. The molecular weight excluding hydrogens is 327 g/mol. The van der Waals surface area contributed by atoms with Gasteiger partial charge in [0.05, 0.1) is 6.54 Å². The van der Waals surface area contributed by atoms with Crippen LogP contribution in [-0.4, -0.2) is 29.1 Å². The minimum atomic E-state index is -0.198. The molecule has 2 N–H and O–H groups in total. The maximum absolute atomic E-state index is 13.4. The predicted octanol–water partition coefficient (Wildman–Crippen LogP) is 3.97. The first-order valence-electron chi connectivity index (χ1n) is 9.10. The smallest absolute Gasteiger partial charge is 0.123 e. The fourth-order valence-electron chi connectivity index (χ4n) is 3.51. The normalized spacial score (nSPS) is 15.3. The van der Waals surface area contributed by atoms with E-state index in [1.54, 1.807) is 18.3 Å². The Kier molecular flexibility index (Phi) is 4.97. The molecule has 26 heavy (non-hydrogen) atoms. The molecule has 3 aromatic rings. The number of aromatic nitrogens is 2. The molecule has 1 aliphatic rings. The summed E-state index contributed by atoms with van der Waals surface area (Å²) in [4.78, 5) is 9.79. The number of hydrogen-bond acceptors (Lipinski definition) is 3. The zero-order valence-electron chi connectivity index (χ0n) is 14.7. The molecule has 0 unspecified atom stereocenters. The predicted molar refractivity (Wildman–Crippen MR) is 102 cm³/mol. The highest BCUT2D eigenvalue weighted by Gasteiger charge is 2.19. The molecule has 4 nitrogen and oxygen atoms in total. The van der Waals surface area contributed by atoms with Crippen molar-refractivity contribution in [3.8, 4) is 11.1 Å². The van der Waals surface area contributed by atoms with E-state index in [1.165, 1.54) is 11.8 Å². The van der Waals surface area contributed by atoms with Crippen molar-refractivity contribution in [1.29, 1.82) is 0 Å². The second kappa shape index (κ2) is 7.70. The van der Waals surface area contributed by atoms with Gasteiger partial charge in [0.1, 0.15) is 11.6 Å². The first-order valence-corrected chi connectivity index (χ1v) is 9.10. The molecule has 0 amide bonds. The second-order valence-corrected chi connectivity index (χ2v) is 6.74. The van der Waals surface area contributed by atoms with Crippen LogP contribution in [0.1, 0.15) is 18.7 Å². The molecule has 2 aromatic carbocycles. The average molecular weight is 350 g/mol. The standard InChI is InChI=1S/C21H23FN4/c22-18-3-1-2-17(14-18)16-4-6-20(7-5-16)26-12-8-19(9-13-26)25-15-21-23-10-11-24-21/h1-7,10-11,14,19,25H,8-9,12-13,15H2,(H,23,24). The number of imidazole rings is 1. The van der Waals surface area contributed by atoms with Crippen LogP contribution in [0.15, 0.2) is 60.9 Å². The minimum Gasteiger partial charge on any atom is -0.371 e. The number of anilines is 1. The highest BCUT2D eigenvalue weighted by atomic mass is 19.1. The van der Waals surface area contributed by atoms with Crippen LogP contribution >= 0.6 is 0 Å². The first kappa shape index (κ1) is 16.8. The number of H-pyrrole nitrogens is 1. The van der Waals surface area contributed by atoms with Gasteiger partial charge in [0.25, 0.3) is 0 Å². The Labute approximate surface area is 153 Å². The Bertz CT molecular complexity index is 821. The molecule has 1 aromatic heterocycles. The molecule has 0 radical (unpaired) electrons. The quantitative estimate of drug-likeness (QED) is 0.732. The maximum Gasteiger partial charge on any atom is 0.123 e. The SMILES string of the molecule is Fc1cccc(-c2ccc(N3CCC(NCc4ncc[nH]4)CC3)cc2)c1. The number of nitrogens with zero attached hydrogens (tertiary/aromatic N) is 2. The van der Waals surface area contributed by atoms with E-state index in [-0.39, 0.29) is 5.82 Å². The highest BCUT2D eigenvalue weighted by molar-refractivity contribution is 5.66. The average Bonchev–Trinajstić information content (AvgIpc) is 3.21. The van der Waals surface area contributed by atoms with Gasteiger partial charge in [-0.1, -0.05) is 24.3 Å². The Hall–Kier alpha value is -2.66. The lowest BCUT2D eigenvalue weighted by Gasteiger charge is -2.34. The fraction of sp³-hybridized carbons (Fsp3) is 0.286. The zero-order valence-corrected chi connectivity index (χ0v) is 14.7. The van der Waals surface area contributed by atoms with Gasteiger partial charge in [0.15, 0.2) is 0 Å². The van der Waals surface area contributed by atoms with Gasteiger partial charge in [-0.15, -0.1) is 0 Å². The van der Waals surface area contributed by atoms with Gasteiger partial charge in [-0.3, -0.25) is 0 Å². The molecule has 5 heteroatoms. The van der Waals surface area contributed by atoms with Gasteiger partial charge in [-0.05, 0) is 48.2 Å². The van der Waals surface area contributed by atoms with Gasteiger partial charge in [-0.2, -0.15) is 0 Å².